The van der Waals surface area contributed by atoms with E-state index in [9.17, 15) is 0 Å². The highest BCUT2D eigenvalue weighted by atomic mass is 15.2. The Balaban J connectivity index is 2.43. The molecule has 1 aliphatic carbocycles. The Bertz CT molecular complexity index is 171. The van der Waals surface area contributed by atoms with E-state index in [2.05, 4.69) is 32.6 Å². The van der Waals surface area contributed by atoms with Crippen LogP contribution in [0.5, 0.6) is 0 Å². The highest BCUT2D eigenvalue weighted by Gasteiger charge is 2.42. The average Bonchev–Trinajstić information content (AvgIpc) is 2.83. The summed E-state index contributed by atoms with van der Waals surface area (Å²) in [6.45, 7) is 12.4. The summed E-state index contributed by atoms with van der Waals surface area (Å²) in [5.41, 5.74) is 6.31. The highest BCUT2D eigenvalue weighted by Crippen LogP contribution is 2.45. The van der Waals surface area contributed by atoms with Crippen LogP contribution >= 0.6 is 0 Å². The molecule has 0 heterocycles. The van der Waals surface area contributed by atoms with Crippen LogP contribution in [-0.4, -0.2) is 30.6 Å². The molecule has 0 aromatic heterocycles. The third kappa shape index (κ3) is 3.25. The first kappa shape index (κ1) is 12.0. The first-order valence-corrected chi connectivity index (χ1v) is 5.93. The zero-order chi connectivity index (χ0) is 10.8. The largest absolute Gasteiger partial charge is 0.330 e. The Hall–Kier alpha value is -0.0800. The van der Waals surface area contributed by atoms with Crippen molar-refractivity contribution in [3.63, 3.8) is 0 Å². The molecular formula is C12H26N2. The smallest absolute Gasteiger partial charge is 0.00529 e. The molecule has 84 valence electrons. The maximum absolute atomic E-state index is 5.82. The van der Waals surface area contributed by atoms with E-state index in [1.807, 2.05) is 0 Å². The predicted octanol–water partition coefficient (Wildman–Crippen LogP) is 2.09. The van der Waals surface area contributed by atoms with E-state index >= 15 is 0 Å². The molecule has 1 saturated carbocycles. The van der Waals surface area contributed by atoms with Crippen molar-refractivity contribution in [1.29, 1.82) is 0 Å². The normalized spacial score (nSPS) is 19.7. The molecule has 2 nitrogen and oxygen atoms in total. The van der Waals surface area contributed by atoms with Gasteiger partial charge in [-0.1, -0.05) is 13.8 Å². The molecule has 0 aliphatic heterocycles. The van der Waals surface area contributed by atoms with Crippen molar-refractivity contribution in [2.75, 3.05) is 19.6 Å². The van der Waals surface area contributed by atoms with E-state index in [0.717, 1.165) is 12.5 Å². The van der Waals surface area contributed by atoms with Crippen molar-refractivity contribution >= 4 is 0 Å². The molecule has 1 rings (SSSR count). The summed E-state index contributed by atoms with van der Waals surface area (Å²) in [7, 11) is 0. The molecule has 0 unspecified atom stereocenters. The van der Waals surface area contributed by atoms with E-state index in [-0.39, 0.29) is 0 Å². The van der Waals surface area contributed by atoms with Gasteiger partial charge in [0.2, 0.25) is 0 Å². The molecular weight excluding hydrogens is 172 g/mol. The van der Waals surface area contributed by atoms with Crippen molar-refractivity contribution in [3.05, 3.63) is 0 Å². The average molecular weight is 198 g/mol. The number of rotatable bonds is 6. The summed E-state index contributed by atoms with van der Waals surface area (Å²) >= 11 is 0. The van der Waals surface area contributed by atoms with Gasteiger partial charge in [0.05, 0.1) is 0 Å². The molecule has 0 radical (unpaired) electrons. The standard InChI is InChI=1S/C12H26N2/c1-10(2)7-14(11(3)4)9-12(8-13)5-6-12/h10-11H,5-9,13H2,1-4H3. The molecule has 2 N–H and O–H groups in total. The summed E-state index contributed by atoms with van der Waals surface area (Å²) in [4.78, 5) is 2.59. The van der Waals surface area contributed by atoms with Gasteiger partial charge >= 0.3 is 0 Å². The highest BCUT2D eigenvalue weighted by molar-refractivity contribution is 4.96. The van der Waals surface area contributed by atoms with Gasteiger partial charge < -0.3 is 10.6 Å². The molecule has 0 saturated heterocycles. The number of hydrogen-bond donors (Lipinski definition) is 1. The summed E-state index contributed by atoms with van der Waals surface area (Å²) in [6, 6.07) is 0.654. The molecule has 1 aliphatic rings. The lowest BCUT2D eigenvalue weighted by atomic mass is 10.0. The Morgan fingerprint density at radius 3 is 2.07 bits per heavy atom. The van der Waals surface area contributed by atoms with Gasteiger partial charge in [-0.15, -0.1) is 0 Å². The minimum atomic E-state index is 0.485. The monoisotopic (exact) mass is 198 g/mol. The Morgan fingerprint density at radius 1 is 1.21 bits per heavy atom. The zero-order valence-corrected chi connectivity index (χ0v) is 10.2. The minimum Gasteiger partial charge on any atom is -0.330 e. The van der Waals surface area contributed by atoms with Crippen molar-refractivity contribution in [1.82, 2.24) is 4.90 Å². The topological polar surface area (TPSA) is 29.3 Å². The lowest BCUT2D eigenvalue weighted by molar-refractivity contribution is 0.161. The van der Waals surface area contributed by atoms with Crippen LogP contribution in [0.25, 0.3) is 0 Å². The number of nitrogens with two attached hydrogens (primary N) is 1. The van der Waals surface area contributed by atoms with Gasteiger partial charge in [-0.05, 0) is 44.6 Å². The Labute approximate surface area is 88.8 Å². The maximum Gasteiger partial charge on any atom is 0.00529 e. The maximum atomic E-state index is 5.82. The lowest BCUT2D eigenvalue weighted by Gasteiger charge is -2.31. The molecule has 0 aromatic rings. The van der Waals surface area contributed by atoms with Crippen molar-refractivity contribution in [2.24, 2.45) is 17.1 Å². The van der Waals surface area contributed by atoms with E-state index in [1.54, 1.807) is 0 Å². The Morgan fingerprint density at radius 2 is 1.79 bits per heavy atom. The van der Waals surface area contributed by atoms with Crippen LogP contribution in [0.15, 0.2) is 0 Å². The second kappa shape index (κ2) is 4.63. The third-order valence-electron chi connectivity index (χ3n) is 3.26. The molecule has 0 aromatic carbocycles. The molecule has 14 heavy (non-hydrogen) atoms. The third-order valence-corrected chi connectivity index (χ3v) is 3.26. The fraction of sp³-hybridized carbons (Fsp3) is 1.00. The summed E-state index contributed by atoms with van der Waals surface area (Å²) in [5, 5.41) is 0. The zero-order valence-electron chi connectivity index (χ0n) is 10.2. The second-order valence-electron chi connectivity index (χ2n) is 5.62. The van der Waals surface area contributed by atoms with Crippen LogP contribution < -0.4 is 5.73 Å². The van der Waals surface area contributed by atoms with Crippen LogP contribution in [0.3, 0.4) is 0 Å². The van der Waals surface area contributed by atoms with Crippen molar-refractivity contribution in [2.45, 2.75) is 46.6 Å². The van der Waals surface area contributed by atoms with Crippen LogP contribution in [0.2, 0.25) is 0 Å². The quantitative estimate of drug-likeness (QED) is 0.708. The molecule has 0 amide bonds. The van der Waals surface area contributed by atoms with E-state index < -0.39 is 0 Å². The van der Waals surface area contributed by atoms with Gasteiger partial charge in [-0.2, -0.15) is 0 Å². The van der Waals surface area contributed by atoms with Crippen molar-refractivity contribution in [3.8, 4) is 0 Å². The number of hydrogen-bond acceptors (Lipinski definition) is 2. The fourth-order valence-corrected chi connectivity index (χ4v) is 1.96. The van der Waals surface area contributed by atoms with Crippen LogP contribution in [0.4, 0.5) is 0 Å². The second-order valence-corrected chi connectivity index (χ2v) is 5.62. The predicted molar refractivity (Wildman–Crippen MR) is 62.3 cm³/mol. The summed E-state index contributed by atoms with van der Waals surface area (Å²) in [5.74, 6) is 0.756. The first-order chi connectivity index (χ1) is 6.49. The fourth-order valence-electron chi connectivity index (χ4n) is 1.96. The van der Waals surface area contributed by atoms with Gasteiger partial charge in [0.15, 0.2) is 0 Å². The van der Waals surface area contributed by atoms with E-state index in [0.29, 0.717) is 11.5 Å². The summed E-state index contributed by atoms with van der Waals surface area (Å²) in [6.07, 6.45) is 2.68. The Kier molecular flexibility index (Phi) is 3.96. The molecule has 2 heteroatoms. The van der Waals surface area contributed by atoms with Gasteiger partial charge in [0.25, 0.3) is 0 Å². The first-order valence-electron chi connectivity index (χ1n) is 5.93. The van der Waals surface area contributed by atoms with Crippen molar-refractivity contribution < 1.29 is 0 Å². The molecule has 1 fully saturated rings. The summed E-state index contributed by atoms with van der Waals surface area (Å²) < 4.78 is 0. The van der Waals surface area contributed by atoms with Crippen LogP contribution in [0, 0.1) is 11.3 Å². The van der Waals surface area contributed by atoms with Gasteiger partial charge in [0, 0.05) is 19.1 Å². The number of nitrogens with zero attached hydrogens (tertiary/aromatic N) is 1. The van der Waals surface area contributed by atoms with Gasteiger partial charge in [-0.25, -0.2) is 0 Å². The lowest BCUT2D eigenvalue weighted by Crippen LogP contribution is -2.40. The van der Waals surface area contributed by atoms with Gasteiger partial charge in [-0.3, -0.25) is 0 Å². The van der Waals surface area contributed by atoms with Crippen LogP contribution in [0.1, 0.15) is 40.5 Å². The van der Waals surface area contributed by atoms with Gasteiger partial charge in [0.1, 0.15) is 0 Å². The SMILES string of the molecule is CC(C)CN(CC1(CN)CC1)C(C)C. The molecule has 0 atom stereocenters. The van der Waals surface area contributed by atoms with E-state index in [4.69, 9.17) is 5.73 Å². The van der Waals surface area contributed by atoms with E-state index in [1.165, 1.54) is 25.9 Å². The molecule has 0 spiro atoms. The van der Waals surface area contributed by atoms with Crippen LogP contribution in [-0.2, 0) is 0 Å². The molecule has 0 bridgehead atoms. The minimum absolute atomic E-state index is 0.485.